The van der Waals surface area contributed by atoms with Gasteiger partial charge in [-0.15, -0.1) is 0 Å². The Bertz CT molecular complexity index is 401. The first-order valence-corrected chi connectivity index (χ1v) is 7.68. The molecule has 108 valence electrons. The van der Waals surface area contributed by atoms with Crippen molar-refractivity contribution in [1.82, 2.24) is 9.78 Å². The molecular formula is C15H28N4. The lowest BCUT2D eigenvalue weighted by atomic mass is 9.96. The van der Waals surface area contributed by atoms with E-state index in [1.165, 1.54) is 44.9 Å². The van der Waals surface area contributed by atoms with E-state index < -0.39 is 0 Å². The average molecular weight is 264 g/mol. The second-order valence-electron chi connectivity index (χ2n) is 6.11. The van der Waals surface area contributed by atoms with Crippen molar-refractivity contribution in [3.05, 3.63) is 5.69 Å². The maximum absolute atomic E-state index is 6.25. The van der Waals surface area contributed by atoms with Gasteiger partial charge >= 0.3 is 0 Å². The SMILES string of the molecule is CC(C)c1nn(C)c(NC2CCCCCCC2)c1N. The van der Waals surface area contributed by atoms with Crippen molar-refractivity contribution in [2.45, 2.75) is 70.8 Å². The molecule has 0 aromatic carbocycles. The molecule has 3 N–H and O–H groups in total. The molecule has 0 bridgehead atoms. The summed E-state index contributed by atoms with van der Waals surface area (Å²) in [4.78, 5) is 0. The Morgan fingerprint density at radius 1 is 1.16 bits per heavy atom. The number of rotatable bonds is 3. The summed E-state index contributed by atoms with van der Waals surface area (Å²) in [5, 5.41) is 8.18. The molecule has 2 rings (SSSR count). The highest BCUT2D eigenvalue weighted by atomic mass is 15.3. The van der Waals surface area contributed by atoms with Crippen LogP contribution in [0, 0.1) is 0 Å². The van der Waals surface area contributed by atoms with Crippen molar-refractivity contribution < 1.29 is 0 Å². The van der Waals surface area contributed by atoms with Crippen molar-refractivity contribution in [2.24, 2.45) is 7.05 Å². The Morgan fingerprint density at radius 3 is 2.26 bits per heavy atom. The Hall–Kier alpha value is -1.19. The molecular weight excluding hydrogens is 236 g/mol. The number of nitrogen functional groups attached to an aromatic ring is 1. The molecule has 1 heterocycles. The molecule has 0 amide bonds. The molecule has 1 saturated carbocycles. The van der Waals surface area contributed by atoms with E-state index in [0.29, 0.717) is 12.0 Å². The second-order valence-corrected chi connectivity index (χ2v) is 6.11. The van der Waals surface area contributed by atoms with Crippen molar-refractivity contribution in [3.8, 4) is 0 Å². The third kappa shape index (κ3) is 3.43. The van der Waals surface area contributed by atoms with Gasteiger partial charge in [-0.05, 0) is 18.8 Å². The summed E-state index contributed by atoms with van der Waals surface area (Å²) in [5.74, 6) is 1.38. The number of aryl methyl sites for hydroxylation is 1. The number of nitrogens with one attached hydrogen (secondary N) is 1. The van der Waals surface area contributed by atoms with Crippen LogP contribution >= 0.6 is 0 Å². The highest BCUT2D eigenvalue weighted by Gasteiger charge is 2.19. The summed E-state index contributed by atoms with van der Waals surface area (Å²) in [6, 6.07) is 0.554. The van der Waals surface area contributed by atoms with Crippen LogP contribution in [0.4, 0.5) is 11.5 Å². The lowest BCUT2D eigenvalue weighted by Gasteiger charge is -2.22. The molecule has 4 heteroatoms. The lowest BCUT2D eigenvalue weighted by Crippen LogP contribution is -2.22. The zero-order valence-electron chi connectivity index (χ0n) is 12.6. The normalized spacial score (nSPS) is 18.3. The van der Waals surface area contributed by atoms with Crippen molar-refractivity contribution >= 4 is 11.5 Å². The molecule has 1 fully saturated rings. The van der Waals surface area contributed by atoms with E-state index >= 15 is 0 Å². The summed E-state index contributed by atoms with van der Waals surface area (Å²) in [6.45, 7) is 4.27. The van der Waals surface area contributed by atoms with Gasteiger partial charge in [0.1, 0.15) is 5.82 Å². The largest absolute Gasteiger partial charge is 0.394 e. The maximum Gasteiger partial charge on any atom is 0.148 e. The lowest BCUT2D eigenvalue weighted by molar-refractivity contribution is 0.469. The Labute approximate surface area is 116 Å². The van der Waals surface area contributed by atoms with Gasteiger partial charge in [-0.3, -0.25) is 4.68 Å². The van der Waals surface area contributed by atoms with Crippen LogP contribution in [0.3, 0.4) is 0 Å². The summed E-state index contributed by atoms with van der Waals surface area (Å²) in [7, 11) is 1.98. The molecule has 0 saturated heterocycles. The molecule has 1 aromatic heterocycles. The third-order valence-electron chi connectivity index (χ3n) is 4.11. The first-order valence-electron chi connectivity index (χ1n) is 7.68. The summed E-state index contributed by atoms with van der Waals surface area (Å²) in [6.07, 6.45) is 9.30. The molecule has 0 unspecified atom stereocenters. The minimum Gasteiger partial charge on any atom is -0.394 e. The fourth-order valence-electron chi connectivity index (χ4n) is 2.95. The molecule has 1 aliphatic carbocycles. The number of anilines is 2. The Kier molecular flexibility index (Phi) is 4.72. The summed E-state index contributed by atoms with van der Waals surface area (Å²) in [5.41, 5.74) is 8.09. The first-order chi connectivity index (χ1) is 9.09. The van der Waals surface area contributed by atoms with Crippen LogP contribution in [-0.4, -0.2) is 15.8 Å². The predicted molar refractivity (Wildman–Crippen MR) is 81.4 cm³/mol. The summed E-state index contributed by atoms with van der Waals surface area (Å²) >= 11 is 0. The second kappa shape index (κ2) is 6.31. The van der Waals surface area contributed by atoms with Crippen LogP contribution in [0.15, 0.2) is 0 Å². The van der Waals surface area contributed by atoms with Crippen LogP contribution < -0.4 is 11.1 Å². The molecule has 0 radical (unpaired) electrons. The zero-order chi connectivity index (χ0) is 13.8. The highest BCUT2D eigenvalue weighted by Crippen LogP contribution is 2.29. The van der Waals surface area contributed by atoms with Gasteiger partial charge in [-0.2, -0.15) is 5.10 Å². The van der Waals surface area contributed by atoms with Crippen LogP contribution in [0.25, 0.3) is 0 Å². The number of aromatic nitrogens is 2. The van der Waals surface area contributed by atoms with E-state index in [1.807, 2.05) is 11.7 Å². The standard InChI is InChI=1S/C15H28N4/c1-11(2)14-13(16)15(19(3)18-14)17-12-9-7-5-4-6-8-10-12/h11-12,17H,4-10,16H2,1-3H3. The topological polar surface area (TPSA) is 55.9 Å². The molecule has 19 heavy (non-hydrogen) atoms. The van der Waals surface area contributed by atoms with Crippen molar-refractivity contribution in [1.29, 1.82) is 0 Å². The van der Waals surface area contributed by atoms with Crippen LogP contribution in [0.2, 0.25) is 0 Å². The van der Waals surface area contributed by atoms with E-state index in [0.717, 1.165) is 17.2 Å². The molecule has 1 aliphatic rings. The van der Waals surface area contributed by atoms with E-state index in [1.54, 1.807) is 0 Å². The number of nitrogens with two attached hydrogens (primary N) is 1. The minimum atomic E-state index is 0.374. The van der Waals surface area contributed by atoms with E-state index in [2.05, 4.69) is 24.3 Å². The average Bonchev–Trinajstić information content (AvgIpc) is 2.60. The summed E-state index contributed by atoms with van der Waals surface area (Å²) < 4.78 is 1.91. The monoisotopic (exact) mass is 264 g/mol. The van der Waals surface area contributed by atoms with Gasteiger partial charge in [0, 0.05) is 13.1 Å². The fourth-order valence-corrected chi connectivity index (χ4v) is 2.95. The fraction of sp³-hybridized carbons (Fsp3) is 0.800. The quantitative estimate of drug-likeness (QED) is 0.876. The number of hydrogen-bond acceptors (Lipinski definition) is 3. The Balaban J connectivity index is 2.09. The van der Waals surface area contributed by atoms with Gasteiger partial charge in [-0.1, -0.05) is 46.0 Å². The van der Waals surface area contributed by atoms with E-state index in [9.17, 15) is 0 Å². The Morgan fingerprint density at radius 2 is 1.74 bits per heavy atom. The van der Waals surface area contributed by atoms with Crippen LogP contribution in [-0.2, 0) is 7.05 Å². The van der Waals surface area contributed by atoms with E-state index in [-0.39, 0.29) is 0 Å². The predicted octanol–water partition coefficient (Wildman–Crippen LogP) is 3.65. The maximum atomic E-state index is 6.25. The third-order valence-corrected chi connectivity index (χ3v) is 4.11. The molecule has 0 aliphatic heterocycles. The minimum absolute atomic E-state index is 0.374. The number of hydrogen-bond donors (Lipinski definition) is 2. The number of nitrogens with zero attached hydrogens (tertiary/aromatic N) is 2. The van der Waals surface area contributed by atoms with Gasteiger partial charge in [0.15, 0.2) is 0 Å². The van der Waals surface area contributed by atoms with Crippen molar-refractivity contribution in [3.63, 3.8) is 0 Å². The van der Waals surface area contributed by atoms with Gasteiger partial charge in [0.25, 0.3) is 0 Å². The highest BCUT2D eigenvalue weighted by molar-refractivity contribution is 5.66. The van der Waals surface area contributed by atoms with Gasteiger partial charge in [0.05, 0.1) is 11.4 Å². The zero-order valence-corrected chi connectivity index (χ0v) is 12.6. The molecule has 4 nitrogen and oxygen atoms in total. The van der Waals surface area contributed by atoms with Gasteiger partial charge in [0.2, 0.25) is 0 Å². The van der Waals surface area contributed by atoms with Crippen LogP contribution in [0.5, 0.6) is 0 Å². The first kappa shape index (κ1) is 14.2. The van der Waals surface area contributed by atoms with Crippen LogP contribution in [0.1, 0.15) is 70.4 Å². The van der Waals surface area contributed by atoms with Gasteiger partial charge in [-0.25, -0.2) is 0 Å². The molecule has 0 atom stereocenters. The smallest absolute Gasteiger partial charge is 0.148 e. The molecule has 1 aromatic rings. The molecule has 0 spiro atoms. The van der Waals surface area contributed by atoms with Gasteiger partial charge < -0.3 is 11.1 Å². The van der Waals surface area contributed by atoms with Crippen molar-refractivity contribution in [2.75, 3.05) is 11.1 Å². The van der Waals surface area contributed by atoms with E-state index in [4.69, 9.17) is 5.73 Å².